The Bertz CT molecular complexity index is 1710. The van der Waals surface area contributed by atoms with E-state index in [1.54, 1.807) is 61.0 Å². The Balaban J connectivity index is 1.39. The minimum Gasteiger partial charge on any atom is -0.389 e. The van der Waals surface area contributed by atoms with Crippen molar-refractivity contribution in [2.24, 2.45) is 0 Å². The Morgan fingerprint density at radius 2 is 1.85 bits per heavy atom. The number of carbonyl (C=O) groups excluding carboxylic acids is 2. The van der Waals surface area contributed by atoms with Crippen molar-refractivity contribution in [2.75, 3.05) is 17.2 Å². The first kappa shape index (κ1) is 26.1. The number of rotatable bonds is 9. The van der Waals surface area contributed by atoms with Crippen LogP contribution in [-0.2, 0) is 6.54 Å². The van der Waals surface area contributed by atoms with Gasteiger partial charge in [0, 0.05) is 28.4 Å². The van der Waals surface area contributed by atoms with Crippen LogP contribution in [0.15, 0.2) is 83.8 Å². The molecule has 5 rings (SSSR count). The lowest BCUT2D eigenvalue weighted by atomic mass is 10.1. The molecule has 3 heterocycles. The van der Waals surface area contributed by atoms with Crippen LogP contribution >= 0.6 is 11.3 Å². The average Bonchev–Trinajstić information content (AvgIpc) is 3.52. The first-order valence-electron chi connectivity index (χ1n) is 12.3. The molecule has 0 bridgehead atoms. The Morgan fingerprint density at radius 1 is 1.05 bits per heavy atom. The van der Waals surface area contributed by atoms with Gasteiger partial charge in [0.1, 0.15) is 0 Å². The van der Waals surface area contributed by atoms with Gasteiger partial charge in [0.05, 0.1) is 34.6 Å². The lowest BCUT2D eigenvalue weighted by Gasteiger charge is -2.20. The standard InChI is InChI=1S/C29H27N5O4S/c1-29(2,38)17-34-22-9-8-20(31-16-23(35)18-6-4-3-5-7-18)15-21(22)32-28(34)33-27(37)25-11-10-24(39-25)19-12-13-30-26(36)14-19/h3-15,31,38H,16-17H2,1-2H3,(H,30,36)(H,32,33,37). The highest BCUT2D eigenvalue weighted by Crippen LogP contribution is 2.29. The molecule has 0 radical (unpaired) electrons. The quantitative estimate of drug-likeness (QED) is 0.199. The van der Waals surface area contributed by atoms with Crippen molar-refractivity contribution in [1.82, 2.24) is 14.5 Å². The van der Waals surface area contributed by atoms with Crippen LogP contribution in [0.5, 0.6) is 0 Å². The van der Waals surface area contributed by atoms with E-state index in [0.29, 0.717) is 27.6 Å². The first-order valence-corrected chi connectivity index (χ1v) is 13.1. The van der Waals surface area contributed by atoms with Gasteiger partial charge in [-0.25, -0.2) is 4.98 Å². The number of hydrogen-bond donors (Lipinski definition) is 4. The smallest absolute Gasteiger partial charge is 0.268 e. The van der Waals surface area contributed by atoms with E-state index in [2.05, 4.69) is 20.6 Å². The molecular formula is C29H27N5O4S. The number of imidazole rings is 1. The Labute approximate surface area is 228 Å². The summed E-state index contributed by atoms with van der Waals surface area (Å²) in [6, 6.07) is 21.3. The fourth-order valence-electron chi connectivity index (χ4n) is 4.17. The summed E-state index contributed by atoms with van der Waals surface area (Å²) < 4.78 is 1.76. The van der Waals surface area contributed by atoms with E-state index in [0.717, 1.165) is 16.0 Å². The number of ketones is 1. The van der Waals surface area contributed by atoms with Gasteiger partial charge in [0.25, 0.3) is 5.91 Å². The second kappa shape index (κ2) is 10.7. The zero-order valence-electron chi connectivity index (χ0n) is 21.4. The van der Waals surface area contributed by atoms with Crippen LogP contribution in [0.3, 0.4) is 0 Å². The van der Waals surface area contributed by atoms with Crippen molar-refractivity contribution < 1.29 is 14.7 Å². The molecule has 39 heavy (non-hydrogen) atoms. The molecule has 1 amide bonds. The maximum absolute atomic E-state index is 13.2. The molecule has 0 unspecified atom stereocenters. The molecule has 0 atom stereocenters. The number of aromatic nitrogens is 3. The normalized spacial score (nSPS) is 11.5. The van der Waals surface area contributed by atoms with Crippen LogP contribution in [0.25, 0.3) is 21.5 Å². The largest absolute Gasteiger partial charge is 0.389 e. The Hall–Kier alpha value is -4.54. The minimum absolute atomic E-state index is 0.0355. The predicted octanol–water partition coefficient (Wildman–Crippen LogP) is 4.77. The fourth-order valence-corrected chi connectivity index (χ4v) is 5.06. The summed E-state index contributed by atoms with van der Waals surface area (Å²) in [5, 5.41) is 16.6. The van der Waals surface area contributed by atoms with Crippen molar-refractivity contribution >= 4 is 45.7 Å². The minimum atomic E-state index is -1.07. The van der Waals surface area contributed by atoms with E-state index in [4.69, 9.17) is 0 Å². The monoisotopic (exact) mass is 541 g/mol. The molecule has 0 fully saturated rings. The number of hydrogen-bond acceptors (Lipinski definition) is 7. The third-order valence-corrected chi connectivity index (χ3v) is 7.09. The summed E-state index contributed by atoms with van der Waals surface area (Å²) in [5.74, 6) is -0.0948. The molecule has 3 aromatic heterocycles. The molecule has 5 aromatic rings. The van der Waals surface area contributed by atoms with Crippen LogP contribution in [0.1, 0.15) is 33.9 Å². The lowest BCUT2D eigenvalue weighted by molar-refractivity contribution is 0.0630. The van der Waals surface area contributed by atoms with Crippen molar-refractivity contribution in [2.45, 2.75) is 26.0 Å². The highest BCUT2D eigenvalue weighted by atomic mass is 32.1. The Kier molecular flexibility index (Phi) is 7.14. The van der Waals surface area contributed by atoms with E-state index < -0.39 is 5.60 Å². The number of anilines is 2. The molecule has 10 heteroatoms. The van der Waals surface area contributed by atoms with Gasteiger partial charge in [-0.3, -0.25) is 19.7 Å². The maximum Gasteiger partial charge on any atom is 0.268 e. The van der Waals surface area contributed by atoms with Gasteiger partial charge in [-0.05, 0) is 55.8 Å². The molecular weight excluding hydrogens is 514 g/mol. The van der Waals surface area contributed by atoms with E-state index in [1.807, 2.05) is 30.3 Å². The van der Waals surface area contributed by atoms with Crippen LogP contribution < -0.4 is 16.2 Å². The van der Waals surface area contributed by atoms with Crippen molar-refractivity contribution in [3.63, 3.8) is 0 Å². The SMILES string of the molecule is CC(C)(O)Cn1c(NC(=O)c2ccc(-c3cc[nH]c(=O)c3)s2)nc2cc(NCC(=O)c3ccccc3)ccc21. The summed E-state index contributed by atoms with van der Waals surface area (Å²) in [6.07, 6.45) is 1.57. The van der Waals surface area contributed by atoms with Crippen molar-refractivity contribution in [1.29, 1.82) is 0 Å². The van der Waals surface area contributed by atoms with Crippen molar-refractivity contribution in [3.8, 4) is 10.4 Å². The number of nitrogens with one attached hydrogen (secondary N) is 3. The maximum atomic E-state index is 13.2. The topological polar surface area (TPSA) is 129 Å². The number of thiophene rings is 1. The van der Waals surface area contributed by atoms with Crippen LogP contribution in [0.4, 0.5) is 11.6 Å². The lowest BCUT2D eigenvalue weighted by Crippen LogP contribution is -2.27. The van der Waals surface area contributed by atoms with Crippen LogP contribution in [0.2, 0.25) is 0 Å². The van der Waals surface area contributed by atoms with E-state index in [1.165, 1.54) is 17.4 Å². The van der Waals surface area contributed by atoms with Gasteiger partial charge < -0.3 is 20.0 Å². The number of benzene rings is 2. The Morgan fingerprint density at radius 3 is 2.59 bits per heavy atom. The number of nitrogens with zero attached hydrogens (tertiary/aromatic N) is 2. The predicted molar refractivity (Wildman–Crippen MR) is 154 cm³/mol. The third-order valence-electron chi connectivity index (χ3n) is 5.96. The number of carbonyl (C=O) groups is 2. The fraction of sp³-hybridized carbons (Fsp3) is 0.172. The molecule has 0 saturated carbocycles. The molecule has 0 aliphatic carbocycles. The van der Waals surface area contributed by atoms with E-state index in [9.17, 15) is 19.5 Å². The second-order valence-electron chi connectivity index (χ2n) is 9.74. The van der Waals surface area contributed by atoms with Crippen LogP contribution in [0, 0.1) is 0 Å². The number of amides is 1. The van der Waals surface area contributed by atoms with Gasteiger partial charge in [-0.2, -0.15) is 0 Å². The number of aromatic amines is 1. The average molecular weight is 542 g/mol. The van der Waals surface area contributed by atoms with Gasteiger partial charge in [-0.15, -0.1) is 11.3 Å². The summed E-state index contributed by atoms with van der Waals surface area (Å²) in [5.41, 5.74) is 2.10. The summed E-state index contributed by atoms with van der Waals surface area (Å²) in [4.78, 5) is 45.8. The van der Waals surface area contributed by atoms with Gasteiger partial charge >= 0.3 is 0 Å². The molecule has 0 aliphatic rings. The van der Waals surface area contributed by atoms with Gasteiger partial charge in [0.15, 0.2) is 5.78 Å². The van der Waals surface area contributed by atoms with Gasteiger partial charge in [0.2, 0.25) is 11.5 Å². The molecule has 0 saturated heterocycles. The molecule has 9 nitrogen and oxygen atoms in total. The molecule has 198 valence electrons. The van der Waals surface area contributed by atoms with Crippen LogP contribution in [-0.4, -0.2) is 43.5 Å². The highest BCUT2D eigenvalue weighted by Gasteiger charge is 2.22. The van der Waals surface area contributed by atoms with Crippen molar-refractivity contribution in [3.05, 3.63) is 99.8 Å². The van der Waals surface area contributed by atoms with E-state index in [-0.39, 0.29) is 30.3 Å². The molecule has 0 aliphatic heterocycles. The molecule has 2 aromatic carbocycles. The number of Topliss-reactive ketones (excluding diaryl/α,β-unsaturated/α-hetero) is 1. The zero-order chi connectivity index (χ0) is 27.6. The summed E-state index contributed by atoms with van der Waals surface area (Å²) in [6.45, 7) is 3.68. The summed E-state index contributed by atoms with van der Waals surface area (Å²) >= 11 is 1.26. The first-order chi connectivity index (χ1) is 18.7. The molecule has 4 N–H and O–H groups in total. The number of fused-ring (bicyclic) bond motifs is 1. The van der Waals surface area contributed by atoms with E-state index >= 15 is 0 Å². The molecule has 0 spiro atoms. The summed E-state index contributed by atoms with van der Waals surface area (Å²) in [7, 11) is 0. The van der Waals surface area contributed by atoms with Gasteiger partial charge in [-0.1, -0.05) is 30.3 Å². The number of pyridine rings is 1. The zero-order valence-corrected chi connectivity index (χ0v) is 22.2. The highest BCUT2D eigenvalue weighted by molar-refractivity contribution is 7.17. The number of aliphatic hydroxyl groups is 1. The third kappa shape index (κ3) is 6.14. The second-order valence-corrected chi connectivity index (χ2v) is 10.8. The number of H-pyrrole nitrogens is 1.